The molecule has 0 aliphatic rings. The Morgan fingerprint density at radius 3 is 2.72 bits per heavy atom. The summed E-state index contributed by atoms with van der Waals surface area (Å²) in [5, 5.41) is 4.40. The van der Waals surface area contributed by atoms with Gasteiger partial charge in [-0.2, -0.15) is 0 Å². The van der Waals surface area contributed by atoms with Crippen LogP contribution in [0, 0.1) is 0 Å². The third kappa shape index (κ3) is 3.03. The number of nitrogen functional groups attached to an aromatic ring is 1. The minimum Gasteiger partial charge on any atom is -0.382 e. The SMILES string of the molecule is CC(Nc1cncc(N)n1)c1ccc(Cl)cc1Cl. The lowest BCUT2D eigenvalue weighted by molar-refractivity contribution is 0.872. The fraction of sp³-hybridized carbons (Fsp3) is 0.167. The summed E-state index contributed by atoms with van der Waals surface area (Å²) >= 11 is 12.0. The molecule has 0 amide bonds. The molecule has 0 saturated carbocycles. The molecule has 0 fully saturated rings. The first-order valence-electron chi connectivity index (χ1n) is 5.35. The highest BCUT2D eigenvalue weighted by Crippen LogP contribution is 2.27. The number of halogens is 2. The number of nitrogens with two attached hydrogens (primary N) is 1. The average molecular weight is 283 g/mol. The second-order valence-corrected chi connectivity index (χ2v) is 4.70. The molecule has 0 spiro atoms. The van der Waals surface area contributed by atoms with Crippen molar-refractivity contribution >= 4 is 34.8 Å². The van der Waals surface area contributed by atoms with E-state index in [1.54, 1.807) is 18.3 Å². The van der Waals surface area contributed by atoms with Gasteiger partial charge < -0.3 is 11.1 Å². The van der Waals surface area contributed by atoms with Gasteiger partial charge in [0.25, 0.3) is 0 Å². The van der Waals surface area contributed by atoms with Gasteiger partial charge >= 0.3 is 0 Å². The zero-order chi connectivity index (χ0) is 13.1. The maximum atomic E-state index is 6.14. The quantitative estimate of drug-likeness (QED) is 0.904. The molecular formula is C12H12Cl2N4. The molecule has 6 heteroatoms. The molecule has 0 aliphatic heterocycles. The van der Waals surface area contributed by atoms with Crippen LogP contribution < -0.4 is 11.1 Å². The van der Waals surface area contributed by atoms with Crippen LogP contribution in [0.25, 0.3) is 0 Å². The molecular weight excluding hydrogens is 271 g/mol. The summed E-state index contributed by atoms with van der Waals surface area (Å²) in [5.74, 6) is 0.975. The topological polar surface area (TPSA) is 63.8 Å². The van der Waals surface area contributed by atoms with Gasteiger partial charge in [0.1, 0.15) is 11.6 Å². The van der Waals surface area contributed by atoms with Crippen LogP contribution in [0.1, 0.15) is 18.5 Å². The second-order valence-electron chi connectivity index (χ2n) is 3.86. The van der Waals surface area contributed by atoms with Gasteiger partial charge in [-0.3, -0.25) is 4.98 Å². The van der Waals surface area contributed by atoms with Gasteiger partial charge in [0.2, 0.25) is 0 Å². The van der Waals surface area contributed by atoms with Gasteiger partial charge in [-0.15, -0.1) is 0 Å². The fourth-order valence-corrected chi connectivity index (χ4v) is 2.18. The van der Waals surface area contributed by atoms with Crippen LogP contribution in [0.4, 0.5) is 11.6 Å². The Hall–Kier alpha value is -1.52. The number of anilines is 2. The van der Waals surface area contributed by atoms with Crippen molar-refractivity contribution in [3.05, 3.63) is 46.2 Å². The summed E-state index contributed by atoms with van der Waals surface area (Å²) < 4.78 is 0. The lowest BCUT2D eigenvalue weighted by atomic mass is 10.1. The van der Waals surface area contributed by atoms with Crippen molar-refractivity contribution in [3.8, 4) is 0 Å². The van der Waals surface area contributed by atoms with E-state index in [9.17, 15) is 0 Å². The number of benzene rings is 1. The predicted molar refractivity (Wildman–Crippen MR) is 74.9 cm³/mol. The number of aromatic nitrogens is 2. The Kier molecular flexibility index (Phi) is 3.89. The van der Waals surface area contributed by atoms with Crippen molar-refractivity contribution in [2.75, 3.05) is 11.1 Å². The van der Waals surface area contributed by atoms with Crippen LogP contribution in [0.2, 0.25) is 10.0 Å². The van der Waals surface area contributed by atoms with Crippen molar-refractivity contribution in [3.63, 3.8) is 0 Å². The Bertz CT molecular complexity index is 560. The highest BCUT2D eigenvalue weighted by atomic mass is 35.5. The number of hydrogen-bond acceptors (Lipinski definition) is 4. The molecule has 1 unspecified atom stereocenters. The minimum atomic E-state index is -0.0223. The van der Waals surface area contributed by atoms with E-state index in [0.717, 1.165) is 5.56 Å². The molecule has 0 aliphatic carbocycles. The number of hydrogen-bond donors (Lipinski definition) is 2. The molecule has 2 aromatic rings. The molecule has 1 atom stereocenters. The monoisotopic (exact) mass is 282 g/mol. The number of nitrogens with zero attached hydrogens (tertiary/aromatic N) is 2. The maximum Gasteiger partial charge on any atom is 0.147 e. The number of rotatable bonds is 3. The van der Waals surface area contributed by atoms with Crippen LogP contribution in [-0.2, 0) is 0 Å². The first-order valence-corrected chi connectivity index (χ1v) is 6.11. The first-order chi connectivity index (χ1) is 8.56. The van der Waals surface area contributed by atoms with E-state index in [-0.39, 0.29) is 6.04 Å². The zero-order valence-electron chi connectivity index (χ0n) is 9.69. The normalized spacial score (nSPS) is 12.2. The smallest absolute Gasteiger partial charge is 0.147 e. The van der Waals surface area contributed by atoms with Crippen molar-refractivity contribution < 1.29 is 0 Å². The van der Waals surface area contributed by atoms with Crippen molar-refractivity contribution in [2.24, 2.45) is 0 Å². The lowest BCUT2D eigenvalue weighted by Crippen LogP contribution is -2.09. The Morgan fingerprint density at radius 1 is 1.28 bits per heavy atom. The molecule has 0 bridgehead atoms. The van der Waals surface area contributed by atoms with Crippen LogP contribution >= 0.6 is 23.2 Å². The summed E-state index contributed by atoms with van der Waals surface area (Å²) in [6.45, 7) is 1.97. The van der Waals surface area contributed by atoms with Gasteiger partial charge in [-0.1, -0.05) is 29.3 Å². The Labute approximate surface area is 115 Å². The van der Waals surface area contributed by atoms with Crippen LogP contribution in [0.3, 0.4) is 0 Å². The predicted octanol–water partition coefficient (Wildman–Crippen LogP) is 3.54. The molecule has 0 saturated heterocycles. The summed E-state index contributed by atoms with van der Waals surface area (Å²) in [4.78, 5) is 8.08. The van der Waals surface area contributed by atoms with E-state index in [2.05, 4.69) is 15.3 Å². The molecule has 3 N–H and O–H groups in total. The van der Waals surface area contributed by atoms with Gasteiger partial charge in [-0.05, 0) is 24.6 Å². The molecule has 18 heavy (non-hydrogen) atoms. The standard InChI is InChI=1S/C12H12Cl2N4/c1-7(9-3-2-8(13)4-10(9)14)17-12-6-16-5-11(15)18-12/h2-7H,1H3,(H3,15,17,18). The van der Waals surface area contributed by atoms with Crippen molar-refractivity contribution in [2.45, 2.75) is 13.0 Å². The van der Waals surface area contributed by atoms with Gasteiger partial charge in [0.15, 0.2) is 0 Å². The third-order valence-electron chi connectivity index (χ3n) is 2.45. The molecule has 0 radical (unpaired) electrons. The fourth-order valence-electron chi connectivity index (χ4n) is 1.60. The van der Waals surface area contributed by atoms with E-state index in [1.165, 1.54) is 6.20 Å². The van der Waals surface area contributed by atoms with E-state index in [1.807, 2.05) is 13.0 Å². The van der Waals surface area contributed by atoms with E-state index < -0.39 is 0 Å². The van der Waals surface area contributed by atoms with Crippen LogP contribution in [0.15, 0.2) is 30.6 Å². The van der Waals surface area contributed by atoms with Gasteiger partial charge in [-0.25, -0.2) is 4.98 Å². The van der Waals surface area contributed by atoms with Gasteiger partial charge in [0.05, 0.1) is 18.4 Å². The van der Waals surface area contributed by atoms with Crippen molar-refractivity contribution in [1.82, 2.24) is 9.97 Å². The minimum absolute atomic E-state index is 0.0223. The first kappa shape index (κ1) is 12.9. The van der Waals surface area contributed by atoms with E-state index in [4.69, 9.17) is 28.9 Å². The van der Waals surface area contributed by atoms with Crippen molar-refractivity contribution in [1.29, 1.82) is 0 Å². The zero-order valence-corrected chi connectivity index (χ0v) is 11.2. The molecule has 94 valence electrons. The summed E-state index contributed by atoms with van der Waals surface area (Å²) in [6.07, 6.45) is 3.10. The summed E-state index contributed by atoms with van der Waals surface area (Å²) in [5.41, 5.74) is 6.50. The lowest BCUT2D eigenvalue weighted by Gasteiger charge is -2.16. The average Bonchev–Trinajstić information content (AvgIpc) is 2.28. The Balaban J connectivity index is 2.19. The van der Waals surface area contributed by atoms with Crippen LogP contribution in [0.5, 0.6) is 0 Å². The summed E-state index contributed by atoms with van der Waals surface area (Å²) in [7, 11) is 0. The second kappa shape index (κ2) is 5.42. The molecule has 4 nitrogen and oxygen atoms in total. The maximum absolute atomic E-state index is 6.14. The van der Waals surface area contributed by atoms with E-state index in [0.29, 0.717) is 21.7 Å². The van der Waals surface area contributed by atoms with Crippen LogP contribution in [-0.4, -0.2) is 9.97 Å². The highest BCUT2D eigenvalue weighted by Gasteiger charge is 2.10. The Morgan fingerprint density at radius 2 is 2.06 bits per heavy atom. The molecule has 1 heterocycles. The molecule has 1 aromatic heterocycles. The largest absolute Gasteiger partial charge is 0.382 e. The van der Waals surface area contributed by atoms with E-state index >= 15 is 0 Å². The highest BCUT2D eigenvalue weighted by molar-refractivity contribution is 6.35. The molecule has 1 aromatic carbocycles. The third-order valence-corrected chi connectivity index (χ3v) is 3.01. The molecule has 2 rings (SSSR count). The van der Waals surface area contributed by atoms with Gasteiger partial charge in [0, 0.05) is 10.0 Å². The summed E-state index contributed by atoms with van der Waals surface area (Å²) in [6, 6.07) is 5.36. The number of nitrogens with one attached hydrogen (secondary N) is 1.